The Bertz CT molecular complexity index is 954. The highest BCUT2D eigenvalue weighted by molar-refractivity contribution is 5.91. The number of rotatable bonds is 17. The zero-order valence-electron chi connectivity index (χ0n) is 23.0. The molecule has 202 valence electrons. The zero-order valence-corrected chi connectivity index (χ0v) is 23.0. The lowest BCUT2D eigenvalue weighted by Crippen LogP contribution is -2.14. The molecule has 0 spiro atoms. The van der Waals surface area contributed by atoms with Gasteiger partial charge >= 0.3 is 11.9 Å². The van der Waals surface area contributed by atoms with Crippen molar-refractivity contribution in [2.75, 3.05) is 18.5 Å². The Balaban J connectivity index is 1.80. The Morgan fingerprint density at radius 2 is 1.22 bits per heavy atom. The molecular formula is C31H44N2O4. The van der Waals surface area contributed by atoms with Gasteiger partial charge in [-0.3, -0.25) is 0 Å². The van der Waals surface area contributed by atoms with Crippen LogP contribution in [0.5, 0.6) is 0 Å². The van der Waals surface area contributed by atoms with Crippen molar-refractivity contribution >= 4 is 29.7 Å². The lowest BCUT2D eigenvalue weighted by Gasteiger charge is -2.14. The predicted octanol–water partition coefficient (Wildman–Crippen LogP) is 8.20. The van der Waals surface area contributed by atoms with Crippen LogP contribution in [0.15, 0.2) is 53.5 Å². The summed E-state index contributed by atoms with van der Waals surface area (Å²) in [6.45, 7) is 9.55. The fraction of sp³-hybridized carbons (Fsp3) is 0.516. The number of hydrogen-bond donors (Lipinski definition) is 1. The molecule has 0 bridgehead atoms. The van der Waals surface area contributed by atoms with Crippen LogP contribution < -0.4 is 5.32 Å². The van der Waals surface area contributed by atoms with Crippen molar-refractivity contribution < 1.29 is 19.1 Å². The van der Waals surface area contributed by atoms with Crippen LogP contribution in [0.4, 0.5) is 11.4 Å². The highest BCUT2D eigenvalue weighted by Gasteiger charge is 2.13. The number of anilines is 1. The maximum atomic E-state index is 12.4. The normalized spacial score (nSPS) is 12.8. The van der Waals surface area contributed by atoms with Gasteiger partial charge in [-0.25, -0.2) is 14.6 Å². The second-order valence-corrected chi connectivity index (χ2v) is 9.56. The summed E-state index contributed by atoms with van der Waals surface area (Å²) in [6.07, 6.45) is 10.4. The van der Waals surface area contributed by atoms with Crippen LogP contribution in [-0.4, -0.2) is 31.5 Å². The Labute approximate surface area is 222 Å². The summed E-state index contributed by atoms with van der Waals surface area (Å²) in [4.78, 5) is 29.1. The van der Waals surface area contributed by atoms with E-state index < -0.39 is 0 Å². The van der Waals surface area contributed by atoms with E-state index in [1.165, 1.54) is 0 Å². The van der Waals surface area contributed by atoms with Crippen LogP contribution in [0.1, 0.15) is 99.8 Å². The van der Waals surface area contributed by atoms with Crippen molar-refractivity contribution in [3.8, 4) is 0 Å². The summed E-state index contributed by atoms with van der Waals surface area (Å²) in [5.41, 5.74) is 2.58. The van der Waals surface area contributed by atoms with Crippen LogP contribution in [0, 0.1) is 11.8 Å². The van der Waals surface area contributed by atoms with Gasteiger partial charge in [0.25, 0.3) is 0 Å². The van der Waals surface area contributed by atoms with Gasteiger partial charge in [0, 0.05) is 5.69 Å². The molecule has 0 saturated heterocycles. The molecule has 0 aliphatic rings. The Morgan fingerprint density at radius 3 is 1.65 bits per heavy atom. The first-order valence-electron chi connectivity index (χ1n) is 13.8. The molecule has 2 unspecified atom stereocenters. The molecule has 2 atom stereocenters. The van der Waals surface area contributed by atoms with Crippen LogP contribution in [0.3, 0.4) is 0 Å². The van der Waals surface area contributed by atoms with Crippen LogP contribution >= 0.6 is 0 Å². The van der Waals surface area contributed by atoms with Crippen molar-refractivity contribution in [2.24, 2.45) is 16.8 Å². The molecule has 2 aromatic rings. The Hall–Kier alpha value is -3.15. The summed E-state index contributed by atoms with van der Waals surface area (Å²) in [6, 6.07) is 14.2. The number of carbonyl (C=O) groups excluding carboxylic acids is 2. The number of nitrogens with one attached hydrogen (secondary N) is 1. The first-order chi connectivity index (χ1) is 18.0. The number of nitrogens with zero attached hydrogens (tertiary/aromatic N) is 1. The van der Waals surface area contributed by atoms with Gasteiger partial charge in [-0.05, 0) is 73.2 Å². The minimum absolute atomic E-state index is 0.292. The number of esters is 2. The highest BCUT2D eigenvalue weighted by Crippen LogP contribution is 2.18. The fourth-order valence-electron chi connectivity index (χ4n) is 3.92. The molecule has 0 heterocycles. The summed E-state index contributed by atoms with van der Waals surface area (Å²) in [7, 11) is 0. The molecule has 2 rings (SSSR count). The third kappa shape index (κ3) is 11.2. The van der Waals surface area contributed by atoms with E-state index in [-0.39, 0.29) is 11.9 Å². The number of carbonyl (C=O) groups is 2. The van der Waals surface area contributed by atoms with Gasteiger partial charge in [-0.2, -0.15) is 0 Å². The average molecular weight is 509 g/mol. The summed E-state index contributed by atoms with van der Waals surface area (Å²) >= 11 is 0. The average Bonchev–Trinajstić information content (AvgIpc) is 2.93. The van der Waals surface area contributed by atoms with Gasteiger partial charge < -0.3 is 14.8 Å². The molecule has 1 N–H and O–H groups in total. The monoisotopic (exact) mass is 508 g/mol. The van der Waals surface area contributed by atoms with E-state index in [1.54, 1.807) is 42.7 Å². The van der Waals surface area contributed by atoms with Gasteiger partial charge in [0.1, 0.15) is 0 Å². The lowest BCUT2D eigenvalue weighted by atomic mass is 10.0. The smallest absolute Gasteiger partial charge is 0.338 e. The predicted molar refractivity (Wildman–Crippen MR) is 152 cm³/mol. The zero-order chi connectivity index (χ0) is 26.9. The third-order valence-corrected chi connectivity index (χ3v) is 6.66. The fourth-order valence-corrected chi connectivity index (χ4v) is 3.92. The molecule has 2 aromatic carbocycles. The van der Waals surface area contributed by atoms with E-state index in [0.717, 1.165) is 57.1 Å². The number of ether oxygens (including phenoxy) is 2. The van der Waals surface area contributed by atoms with Crippen molar-refractivity contribution in [3.63, 3.8) is 0 Å². The third-order valence-electron chi connectivity index (χ3n) is 6.66. The van der Waals surface area contributed by atoms with E-state index in [0.29, 0.717) is 41.9 Å². The topological polar surface area (TPSA) is 77.0 Å². The number of hydrogen-bond acceptors (Lipinski definition) is 5. The summed E-state index contributed by atoms with van der Waals surface area (Å²) in [5, 5.41) is 3.10. The van der Waals surface area contributed by atoms with E-state index in [9.17, 15) is 9.59 Å². The highest BCUT2D eigenvalue weighted by atomic mass is 16.5. The molecule has 0 fully saturated rings. The van der Waals surface area contributed by atoms with Crippen LogP contribution in [0.25, 0.3) is 0 Å². The molecule has 0 aliphatic heterocycles. The Morgan fingerprint density at radius 1 is 0.757 bits per heavy atom. The largest absolute Gasteiger partial charge is 0.462 e. The maximum Gasteiger partial charge on any atom is 0.338 e. The molecule has 0 aromatic heterocycles. The maximum absolute atomic E-state index is 12.4. The molecule has 0 amide bonds. The SMILES string of the molecule is CCCCC(CC)COC(=O)c1ccc(N=CNc2ccc(C(=O)OCC(CC)CCCC)cc2)cc1. The van der Waals surface area contributed by atoms with Gasteiger partial charge in [-0.1, -0.05) is 66.2 Å². The number of benzene rings is 2. The summed E-state index contributed by atoms with van der Waals surface area (Å²) in [5.74, 6) is 0.251. The van der Waals surface area contributed by atoms with Crippen molar-refractivity contribution in [3.05, 3.63) is 59.7 Å². The summed E-state index contributed by atoms with van der Waals surface area (Å²) < 4.78 is 11.0. The van der Waals surface area contributed by atoms with Gasteiger partial charge in [0.05, 0.1) is 36.4 Å². The lowest BCUT2D eigenvalue weighted by molar-refractivity contribution is 0.0419. The molecule has 0 aliphatic carbocycles. The molecule has 6 heteroatoms. The number of aliphatic imine (C=N–C) groups is 1. The van der Waals surface area contributed by atoms with Crippen molar-refractivity contribution in [1.29, 1.82) is 0 Å². The minimum atomic E-state index is -0.298. The second-order valence-electron chi connectivity index (χ2n) is 9.56. The van der Waals surface area contributed by atoms with Crippen LogP contribution in [0.2, 0.25) is 0 Å². The molecular weight excluding hydrogens is 464 g/mol. The second kappa shape index (κ2) is 17.3. The van der Waals surface area contributed by atoms with Gasteiger partial charge in [0.2, 0.25) is 0 Å². The number of unbranched alkanes of at least 4 members (excludes halogenated alkanes) is 2. The van der Waals surface area contributed by atoms with E-state index in [4.69, 9.17) is 9.47 Å². The van der Waals surface area contributed by atoms with E-state index >= 15 is 0 Å². The van der Waals surface area contributed by atoms with E-state index in [2.05, 4.69) is 38.0 Å². The molecule has 37 heavy (non-hydrogen) atoms. The molecule has 0 radical (unpaired) electrons. The molecule has 0 saturated carbocycles. The Kier molecular flexibility index (Phi) is 14.1. The van der Waals surface area contributed by atoms with Crippen molar-refractivity contribution in [1.82, 2.24) is 0 Å². The van der Waals surface area contributed by atoms with Gasteiger partial charge in [-0.15, -0.1) is 0 Å². The first kappa shape index (κ1) is 30.1. The van der Waals surface area contributed by atoms with Gasteiger partial charge in [0.15, 0.2) is 0 Å². The van der Waals surface area contributed by atoms with Crippen molar-refractivity contribution in [2.45, 2.75) is 79.1 Å². The molecule has 6 nitrogen and oxygen atoms in total. The first-order valence-corrected chi connectivity index (χ1v) is 13.8. The minimum Gasteiger partial charge on any atom is -0.462 e. The quantitative estimate of drug-likeness (QED) is 0.132. The van der Waals surface area contributed by atoms with Crippen LogP contribution in [-0.2, 0) is 9.47 Å². The van der Waals surface area contributed by atoms with E-state index in [1.807, 2.05) is 12.1 Å². The standard InChI is InChI=1S/C31H44N2O4/c1-5-9-11-24(7-3)21-36-30(34)26-13-17-28(18-14-26)32-23-33-29-19-15-27(16-20-29)31(35)37-22-25(8-4)12-10-6-2/h13-20,23-25H,5-12,21-22H2,1-4H3,(H,32,33).